The summed E-state index contributed by atoms with van der Waals surface area (Å²) in [6.45, 7) is 0. The van der Waals surface area contributed by atoms with E-state index in [9.17, 15) is 14.7 Å². The van der Waals surface area contributed by atoms with E-state index in [1.807, 2.05) is 4.90 Å². The van der Waals surface area contributed by atoms with Crippen LogP contribution in [-0.2, 0) is 0 Å². The lowest BCUT2D eigenvalue weighted by Gasteiger charge is -2.22. The van der Waals surface area contributed by atoms with Crippen molar-refractivity contribution in [2.24, 2.45) is 0 Å². The Bertz CT molecular complexity index is 767. The normalized spacial score (nSPS) is 23.2. The summed E-state index contributed by atoms with van der Waals surface area (Å²) < 4.78 is 0. The zero-order valence-electron chi connectivity index (χ0n) is 12.0. The molecule has 1 aromatic heterocycles. The molecular formula is C17H16N2O3. The molecule has 0 atom stereocenters. The van der Waals surface area contributed by atoms with Gasteiger partial charge in [0.2, 0.25) is 0 Å². The SMILES string of the molecule is O=C(O)c1cncc2cc(C(=O)N3C4CCC3CC4)ccc12. The number of hydrogen-bond donors (Lipinski definition) is 1. The lowest BCUT2D eigenvalue weighted by Crippen LogP contribution is -2.35. The highest BCUT2D eigenvalue weighted by molar-refractivity contribution is 6.05. The van der Waals surface area contributed by atoms with Crippen LogP contribution < -0.4 is 0 Å². The van der Waals surface area contributed by atoms with Crippen LogP contribution in [0.15, 0.2) is 30.6 Å². The van der Waals surface area contributed by atoms with Crippen molar-refractivity contribution < 1.29 is 14.7 Å². The van der Waals surface area contributed by atoms with Crippen LogP contribution in [-0.4, -0.2) is 39.0 Å². The fraction of sp³-hybridized carbons (Fsp3) is 0.353. The third-order valence-electron chi connectivity index (χ3n) is 4.92. The van der Waals surface area contributed by atoms with Gasteiger partial charge < -0.3 is 10.0 Å². The molecule has 0 unspecified atom stereocenters. The minimum Gasteiger partial charge on any atom is -0.478 e. The van der Waals surface area contributed by atoms with Gasteiger partial charge in [0.25, 0.3) is 5.91 Å². The molecule has 2 fully saturated rings. The van der Waals surface area contributed by atoms with Crippen molar-refractivity contribution in [3.63, 3.8) is 0 Å². The number of carboxylic acid groups (broad SMARTS) is 1. The van der Waals surface area contributed by atoms with Crippen molar-refractivity contribution in [2.45, 2.75) is 37.8 Å². The van der Waals surface area contributed by atoms with E-state index >= 15 is 0 Å². The van der Waals surface area contributed by atoms with Gasteiger partial charge in [-0.1, -0.05) is 6.07 Å². The Balaban J connectivity index is 1.74. The fourth-order valence-electron chi connectivity index (χ4n) is 3.87. The summed E-state index contributed by atoms with van der Waals surface area (Å²) in [5, 5.41) is 10.5. The number of aromatic nitrogens is 1. The number of aromatic carboxylic acids is 1. The predicted octanol–water partition coefficient (Wildman–Crippen LogP) is 2.70. The molecule has 0 aliphatic carbocycles. The smallest absolute Gasteiger partial charge is 0.337 e. The first kappa shape index (κ1) is 13.2. The molecule has 1 N–H and O–H groups in total. The van der Waals surface area contributed by atoms with Gasteiger partial charge in [0.15, 0.2) is 0 Å². The number of benzene rings is 1. The maximum atomic E-state index is 12.8. The number of carbonyl (C=O) groups is 2. The molecule has 2 bridgehead atoms. The van der Waals surface area contributed by atoms with Crippen molar-refractivity contribution in [1.82, 2.24) is 9.88 Å². The molecule has 5 heteroatoms. The van der Waals surface area contributed by atoms with Gasteiger partial charge in [0, 0.05) is 35.4 Å². The van der Waals surface area contributed by atoms with E-state index in [2.05, 4.69) is 4.98 Å². The average molecular weight is 296 g/mol. The number of carboxylic acids is 1. The van der Waals surface area contributed by atoms with Crippen LogP contribution >= 0.6 is 0 Å². The van der Waals surface area contributed by atoms with Gasteiger partial charge in [-0.3, -0.25) is 9.78 Å². The van der Waals surface area contributed by atoms with Gasteiger partial charge in [-0.15, -0.1) is 0 Å². The molecule has 2 saturated heterocycles. The zero-order chi connectivity index (χ0) is 15.3. The maximum Gasteiger partial charge on any atom is 0.337 e. The van der Waals surface area contributed by atoms with Crippen LogP contribution in [0.1, 0.15) is 46.4 Å². The number of hydrogen-bond acceptors (Lipinski definition) is 3. The second-order valence-electron chi connectivity index (χ2n) is 6.10. The predicted molar refractivity (Wildman–Crippen MR) is 80.9 cm³/mol. The molecule has 2 aliphatic rings. The van der Waals surface area contributed by atoms with Crippen LogP contribution in [0.4, 0.5) is 0 Å². The number of rotatable bonds is 2. The third-order valence-corrected chi connectivity index (χ3v) is 4.92. The Labute approximate surface area is 127 Å². The van der Waals surface area contributed by atoms with E-state index in [1.54, 1.807) is 24.4 Å². The fourth-order valence-corrected chi connectivity index (χ4v) is 3.87. The highest BCUT2D eigenvalue weighted by Gasteiger charge is 2.42. The van der Waals surface area contributed by atoms with Gasteiger partial charge in [-0.05, 0) is 43.2 Å². The van der Waals surface area contributed by atoms with Crippen LogP contribution in [0.3, 0.4) is 0 Å². The van der Waals surface area contributed by atoms with Gasteiger partial charge >= 0.3 is 5.97 Å². The Morgan fingerprint density at radius 1 is 1.09 bits per heavy atom. The summed E-state index contributed by atoms with van der Waals surface area (Å²) >= 11 is 0. The molecule has 22 heavy (non-hydrogen) atoms. The number of amides is 1. The van der Waals surface area contributed by atoms with Gasteiger partial charge in [-0.2, -0.15) is 0 Å². The molecule has 3 heterocycles. The minimum absolute atomic E-state index is 0.0626. The lowest BCUT2D eigenvalue weighted by atomic mass is 10.0. The number of fused-ring (bicyclic) bond motifs is 3. The van der Waals surface area contributed by atoms with Crippen molar-refractivity contribution in [3.8, 4) is 0 Å². The summed E-state index contributed by atoms with van der Waals surface area (Å²) in [5.41, 5.74) is 0.786. The monoisotopic (exact) mass is 296 g/mol. The van der Waals surface area contributed by atoms with Gasteiger partial charge in [0.05, 0.1) is 5.56 Å². The number of nitrogens with zero attached hydrogens (tertiary/aromatic N) is 2. The van der Waals surface area contributed by atoms with E-state index in [0.29, 0.717) is 28.4 Å². The van der Waals surface area contributed by atoms with Crippen molar-refractivity contribution in [3.05, 3.63) is 41.7 Å². The highest BCUT2D eigenvalue weighted by atomic mass is 16.4. The van der Waals surface area contributed by atoms with Crippen LogP contribution in [0.25, 0.3) is 10.8 Å². The van der Waals surface area contributed by atoms with E-state index in [4.69, 9.17) is 0 Å². The zero-order valence-corrected chi connectivity index (χ0v) is 12.0. The molecule has 4 rings (SSSR count). The van der Waals surface area contributed by atoms with E-state index in [-0.39, 0.29) is 11.5 Å². The molecule has 1 amide bonds. The first-order valence-corrected chi connectivity index (χ1v) is 7.59. The van der Waals surface area contributed by atoms with Gasteiger partial charge in [-0.25, -0.2) is 4.79 Å². The van der Waals surface area contributed by atoms with Gasteiger partial charge in [0.1, 0.15) is 0 Å². The number of pyridine rings is 1. The van der Waals surface area contributed by atoms with Crippen molar-refractivity contribution >= 4 is 22.6 Å². The Morgan fingerprint density at radius 3 is 2.41 bits per heavy atom. The standard InChI is InChI=1S/C17H16N2O3/c20-16(19-12-2-3-13(19)5-4-12)10-1-6-14-11(7-10)8-18-9-15(14)17(21)22/h1,6-9,12-13H,2-5H2,(H,21,22). The molecule has 2 aliphatic heterocycles. The van der Waals surface area contributed by atoms with Crippen molar-refractivity contribution in [1.29, 1.82) is 0 Å². The quantitative estimate of drug-likeness (QED) is 0.925. The second kappa shape index (κ2) is 4.80. The topological polar surface area (TPSA) is 70.5 Å². The second-order valence-corrected chi connectivity index (χ2v) is 6.10. The first-order valence-electron chi connectivity index (χ1n) is 7.59. The van der Waals surface area contributed by atoms with Crippen molar-refractivity contribution in [2.75, 3.05) is 0 Å². The highest BCUT2D eigenvalue weighted by Crippen LogP contribution is 2.38. The average Bonchev–Trinajstić information content (AvgIpc) is 3.13. The summed E-state index contributed by atoms with van der Waals surface area (Å²) in [7, 11) is 0. The third kappa shape index (κ3) is 1.89. The molecule has 2 aromatic rings. The molecule has 5 nitrogen and oxygen atoms in total. The van der Waals surface area contributed by atoms with E-state index in [1.165, 1.54) is 6.20 Å². The molecule has 112 valence electrons. The number of carbonyl (C=O) groups excluding carboxylic acids is 1. The maximum absolute atomic E-state index is 12.8. The van der Waals surface area contributed by atoms with E-state index in [0.717, 1.165) is 25.7 Å². The lowest BCUT2D eigenvalue weighted by molar-refractivity contribution is 0.0696. The van der Waals surface area contributed by atoms with Crippen LogP contribution in [0.5, 0.6) is 0 Å². The summed E-state index contributed by atoms with van der Waals surface area (Å²) in [6, 6.07) is 5.98. The first-order chi connectivity index (χ1) is 10.6. The van der Waals surface area contributed by atoms with Crippen LogP contribution in [0, 0.1) is 0 Å². The summed E-state index contributed by atoms with van der Waals surface area (Å²) in [4.78, 5) is 30.0. The largest absolute Gasteiger partial charge is 0.478 e. The molecule has 0 saturated carbocycles. The Hall–Kier alpha value is -2.43. The van der Waals surface area contributed by atoms with Crippen LogP contribution in [0.2, 0.25) is 0 Å². The molecular weight excluding hydrogens is 280 g/mol. The molecule has 0 spiro atoms. The molecule has 1 aromatic carbocycles. The summed E-state index contributed by atoms with van der Waals surface area (Å²) in [6.07, 6.45) is 7.37. The Morgan fingerprint density at radius 2 is 1.77 bits per heavy atom. The Kier molecular flexibility index (Phi) is 2.89. The van der Waals surface area contributed by atoms with E-state index < -0.39 is 5.97 Å². The minimum atomic E-state index is -1.00. The summed E-state index contributed by atoms with van der Waals surface area (Å²) in [5.74, 6) is -0.942. The molecule has 0 radical (unpaired) electrons.